The molecule has 1 N–H and O–H groups in total. The number of halogens is 1. The summed E-state index contributed by atoms with van der Waals surface area (Å²) in [5.41, 5.74) is 1.15. The van der Waals surface area contributed by atoms with Gasteiger partial charge in [-0.15, -0.1) is 12.4 Å². The molecule has 112 valence electrons. The van der Waals surface area contributed by atoms with Gasteiger partial charge in [0.2, 0.25) is 5.91 Å². The zero-order valence-corrected chi connectivity index (χ0v) is 12.9. The van der Waals surface area contributed by atoms with Crippen LogP contribution in [-0.2, 0) is 9.53 Å². The number of morpholine rings is 1. The van der Waals surface area contributed by atoms with E-state index in [1.807, 2.05) is 44.3 Å². The average molecular weight is 299 g/mol. The molecule has 0 aromatic heterocycles. The van der Waals surface area contributed by atoms with Crippen LogP contribution >= 0.6 is 12.4 Å². The summed E-state index contributed by atoms with van der Waals surface area (Å²) >= 11 is 0. The van der Waals surface area contributed by atoms with Gasteiger partial charge in [0.25, 0.3) is 0 Å². The van der Waals surface area contributed by atoms with E-state index in [2.05, 4.69) is 5.32 Å². The first-order chi connectivity index (χ1) is 9.18. The molecule has 1 amide bonds. The van der Waals surface area contributed by atoms with Crippen LogP contribution in [-0.4, -0.2) is 43.7 Å². The summed E-state index contributed by atoms with van der Waals surface area (Å²) in [5, 5.41) is 3.24. The minimum atomic E-state index is 0. The number of nitrogens with one attached hydrogen (secondary N) is 1. The van der Waals surface area contributed by atoms with Crippen molar-refractivity contribution in [2.45, 2.75) is 25.5 Å². The van der Waals surface area contributed by atoms with E-state index in [9.17, 15) is 4.79 Å². The Morgan fingerprint density at radius 3 is 2.75 bits per heavy atom. The van der Waals surface area contributed by atoms with E-state index in [0.717, 1.165) is 18.7 Å². The monoisotopic (exact) mass is 298 g/mol. The van der Waals surface area contributed by atoms with Crippen molar-refractivity contribution < 1.29 is 9.53 Å². The second-order valence-electron chi connectivity index (χ2n) is 4.99. The van der Waals surface area contributed by atoms with E-state index in [4.69, 9.17) is 4.74 Å². The Morgan fingerprint density at radius 1 is 1.45 bits per heavy atom. The quantitative estimate of drug-likeness (QED) is 0.924. The lowest BCUT2D eigenvalue weighted by molar-refractivity contribution is -0.135. The summed E-state index contributed by atoms with van der Waals surface area (Å²) in [7, 11) is 1.86. The molecule has 2 unspecified atom stereocenters. The van der Waals surface area contributed by atoms with E-state index in [0.29, 0.717) is 13.0 Å². The fourth-order valence-electron chi connectivity index (χ4n) is 2.26. The average Bonchev–Trinajstić information content (AvgIpc) is 2.47. The molecule has 0 aliphatic carbocycles. The third-order valence-corrected chi connectivity index (χ3v) is 3.66. The molecule has 1 aromatic carbocycles. The molecular weight excluding hydrogens is 276 g/mol. The van der Waals surface area contributed by atoms with E-state index < -0.39 is 0 Å². The highest BCUT2D eigenvalue weighted by atomic mass is 35.5. The van der Waals surface area contributed by atoms with Gasteiger partial charge in [-0.3, -0.25) is 4.79 Å². The standard InChI is InChI=1S/C15H22N2O2.ClH/c1-12(13-6-4-3-5-7-13)17(2)15(18)10-14-11-16-8-9-19-14;/h3-7,12,14,16H,8-11H2,1-2H3;1H. The summed E-state index contributed by atoms with van der Waals surface area (Å²) in [6, 6.07) is 10.2. The smallest absolute Gasteiger partial charge is 0.225 e. The van der Waals surface area contributed by atoms with Crippen LogP contribution in [0.1, 0.15) is 24.9 Å². The molecule has 1 fully saturated rings. The third kappa shape index (κ3) is 4.47. The first-order valence-corrected chi connectivity index (χ1v) is 6.81. The maximum Gasteiger partial charge on any atom is 0.225 e. The number of amides is 1. The minimum absolute atomic E-state index is 0. The molecule has 1 aliphatic rings. The first-order valence-electron chi connectivity index (χ1n) is 6.81. The predicted molar refractivity (Wildman–Crippen MR) is 82.1 cm³/mol. The first kappa shape index (κ1) is 17.0. The molecule has 1 saturated heterocycles. The summed E-state index contributed by atoms with van der Waals surface area (Å²) in [6.45, 7) is 4.38. The molecule has 2 atom stereocenters. The van der Waals surface area contributed by atoms with Crippen LogP contribution in [0.3, 0.4) is 0 Å². The number of hydrogen-bond donors (Lipinski definition) is 1. The van der Waals surface area contributed by atoms with Gasteiger partial charge in [0, 0.05) is 20.1 Å². The lowest BCUT2D eigenvalue weighted by Crippen LogP contribution is -2.42. The van der Waals surface area contributed by atoms with Crippen molar-refractivity contribution in [3.63, 3.8) is 0 Å². The van der Waals surface area contributed by atoms with E-state index in [-0.39, 0.29) is 30.5 Å². The highest BCUT2D eigenvalue weighted by molar-refractivity contribution is 5.85. The van der Waals surface area contributed by atoms with Gasteiger partial charge in [0.1, 0.15) is 0 Å². The van der Waals surface area contributed by atoms with Crippen molar-refractivity contribution >= 4 is 18.3 Å². The number of benzene rings is 1. The predicted octanol–water partition coefficient (Wildman–Crippen LogP) is 2.01. The number of rotatable bonds is 4. The molecule has 0 saturated carbocycles. The third-order valence-electron chi connectivity index (χ3n) is 3.66. The molecule has 0 bridgehead atoms. The van der Waals surface area contributed by atoms with Gasteiger partial charge in [-0.05, 0) is 12.5 Å². The summed E-state index contributed by atoms with van der Waals surface area (Å²) in [6.07, 6.45) is 0.451. The Kier molecular flexibility index (Phi) is 6.99. The van der Waals surface area contributed by atoms with Gasteiger partial charge in [-0.1, -0.05) is 30.3 Å². The van der Waals surface area contributed by atoms with Crippen molar-refractivity contribution in [2.24, 2.45) is 0 Å². The van der Waals surface area contributed by atoms with Crippen LogP contribution in [0, 0.1) is 0 Å². The SMILES string of the molecule is CC(c1ccccc1)N(C)C(=O)CC1CNCCO1.Cl. The molecule has 0 radical (unpaired) electrons. The number of hydrogen-bond acceptors (Lipinski definition) is 3. The van der Waals surface area contributed by atoms with Crippen LogP contribution in [0.15, 0.2) is 30.3 Å². The Balaban J connectivity index is 0.00000200. The molecule has 1 aliphatic heterocycles. The second-order valence-corrected chi connectivity index (χ2v) is 4.99. The summed E-state index contributed by atoms with van der Waals surface area (Å²) < 4.78 is 5.57. The molecule has 2 rings (SSSR count). The number of nitrogens with zero attached hydrogens (tertiary/aromatic N) is 1. The van der Waals surface area contributed by atoms with Crippen LogP contribution < -0.4 is 5.32 Å². The zero-order chi connectivity index (χ0) is 13.7. The summed E-state index contributed by atoms with van der Waals surface area (Å²) in [5.74, 6) is 0.130. The molecule has 20 heavy (non-hydrogen) atoms. The van der Waals surface area contributed by atoms with E-state index >= 15 is 0 Å². The Bertz CT molecular complexity index is 408. The van der Waals surface area contributed by atoms with Crippen molar-refractivity contribution in [1.29, 1.82) is 0 Å². The van der Waals surface area contributed by atoms with Crippen LogP contribution in [0.5, 0.6) is 0 Å². The Morgan fingerprint density at radius 2 is 2.15 bits per heavy atom. The van der Waals surface area contributed by atoms with Crippen molar-refractivity contribution in [1.82, 2.24) is 10.2 Å². The summed E-state index contributed by atoms with van der Waals surface area (Å²) in [4.78, 5) is 14.0. The molecule has 5 heteroatoms. The van der Waals surface area contributed by atoms with Crippen molar-refractivity contribution in [3.05, 3.63) is 35.9 Å². The highest BCUT2D eigenvalue weighted by Crippen LogP contribution is 2.19. The second kappa shape index (κ2) is 8.25. The fourth-order valence-corrected chi connectivity index (χ4v) is 2.26. The number of carbonyl (C=O) groups excluding carboxylic acids is 1. The minimum Gasteiger partial charge on any atom is -0.375 e. The molecular formula is C15H23ClN2O2. The maximum absolute atomic E-state index is 12.2. The normalized spacial score (nSPS) is 19.8. The molecule has 1 heterocycles. The lowest BCUT2D eigenvalue weighted by Gasteiger charge is -2.29. The van der Waals surface area contributed by atoms with Crippen LogP contribution in [0.4, 0.5) is 0 Å². The fraction of sp³-hybridized carbons (Fsp3) is 0.533. The van der Waals surface area contributed by atoms with Gasteiger partial charge < -0.3 is 15.0 Å². The van der Waals surface area contributed by atoms with Crippen LogP contribution in [0.25, 0.3) is 0 Å². The van der Waals surface area contributed by atoms with Gasteiger partial charge in [0.15, 0.2) is 0 Å². The Labute approximate surface area is 126 Å². The number of carbonyl (C=O) groups is 1. The van der Waals surface area contributed by atoms with Gasteiger partial charge in [0.05, 0.1) is 25.2 Å². The van der Waals surface area contributed by atoms with Crippen molar-refractivity contribution in [2.75, 3.05) is 26.7 Å². The Hall–Kier alpha value is -1.10. The molecule has 1 aromatic rings. The van der Waals surface area contributed by atoms with Gasteiger partial charge in [-0.25, -0.2) is 0 Å². The van der Waals surface area contributed by atoms with Crippen LogP contribution in [0.2, 0.25) is 0 Å². The highest BCUT2D eigenvalue weighted by Gasteiger charge is 2.22. The van der Waals surface area contributed by atoms with E-state index in [1.165, 1.54) is 0 Å². The largest absolute Gasteiger partial charge is 0.375 e. The topological polar surface area (TPSA) is 41.6 Å². The number of ether oxygens (including phenoxy) is 1. The molecule has 4 nitrogen and oxygen atoms in total. The van der Waals surface area contributed by atoms with Gasteiger partial charge in [-0.2, -0.15) is 0 Å². The van der Waals surface area contributed by atoms with Gasteiger partial charge >= 0.3 is 0 Å². The maximum atomic E-state index is 12.2. The molecule has 0 spiro atoms. The van der Waals surface area contributed by atoms with E-state index in [1.54, 1.807) is 4.90 Å². The lowest BCUT2D eigenvalue weighted by atomic mass is 10.1. The van der Waals surface area contributed by atoms with Crippen molar-refractivity contribution in [3.8, 4) is 0 Å². The zero-order valence-electron chi connectivity index (χ0n) is 12.0.